The molecule has 0 radical (unpaired) electrons. The van der Waals surface area contributed by atoms with E-state index in [1.54, 1.807) is 30.3 Å². The third-order valence-electron chi connectivity index (χ3n) is 2.70. The molecule has 1 aromatic carbocycles. The summed E-state index contributed by atoms with van der Waals surface area (Å²) in [4.78, 5) is 3.82. The zero-order valence-electron chi connectivity index (χ0n) is 10.9. The van der Waals surface area contributed by atoms with E-state index in [1.807, 2.05) is 6.07 Å². The van der Waals surface area contributed by atoms with E-state index in [1.165, 1.54) is 12.3 Å². The molecule has 0 aliphatic carbocycles. The van der Waals surface area contributed by atoms with Crippen molar-refractivity contribution in [3.05, 3.63) is 53.7 Å². The van der Waals surface area contributed by atoms with Gasteiger partial charge in [0.15, 0.2) is 5.03 Å². The molecule has 7 nitrogen and oxygen atoms in total. The third-order valence-corrected chi connectivity index (χ3v) is 4.06. The summed E-state index contributed by atoms with van der Waals surface area (Å²) in [6.45, 7) is 0.0540. The van der Waals surface area contributed by atoms with Crippen molar-refractivity contribution in [3.8, 4) is 6.07 Å². The number of aromatic nitrogens is 1. The largest absolute Gasteiger partial charge is 0.321 e. The molecule has 0 spiro atoms. The van der Waals surface area contributed by atoms with Crippen molar-refractivity contribution in [2.24, 2.45) is 5.84 Å². The van der Waals surface area contributed by atoms with Gasteiger partial charge in [-0.05, 0) is 29.8 Å². The number of nitriles is 1. The lowest BCUT2D eigenvalue weighted by Gasteiger charge is -2.09. The summed E-state index contributed by atoms with van der Waals surface area (Å²) in [5, 5.41) is 8.64. The summed E-state index contributed by atoms with van der Waals surface area (Å²) < 4.78 is 26.8. The molecule has 0 bridgehead atoms. The Hall–Kier alpha value is -2.47. The number of pyridine rings is 1. The summed E-state index contributed by atoms with van der Waals surface area (Å²) in [6.07, 6.45) is 1.37. The molecule has 0 aliphatic rings. The van der Waals surface area contributed by atoms with Crippen molar-refractivity contribution < 1.29 is 8.42 Å². The van der Waals surface area contributed by atoms with Gasteiger partial charge in [0, 0.05) is 12.7 Å². The van der Waals surface area contributed by atoms with E-state index in [-0.39, 0.29) is 17.3 Å². The highest BCUT2D eigenvalue weighted by Crippen LogP contribution is 2.16. The predicted molar refractivity (Wildman–Crippen MR) is 77.2 cm³/mol. The maximum absolute atomic E-state index is 12.2. The number of nitrogens with one attached hydrogen (secondary N) is 2. The molecule has 0 saturated carbocycles. The average Bonchev–Trinajstić information content (AvgIpc) is 2.53. The molecule has 1 heterocycles. The Labute approximate surface area is 122 Å². The summed E-state index contributed by atoms with van der Waals surface area (Å²) in [5.74, 6) is 5.27. The van der Waals surface area contributed by atoms with Crippen molar-refractivity contribution in [2.45, 2.75) is 11.6 Å². The monoisotopic (exact) mass is 303 g/mol. The predicted octanol–water partition coefficient (Wildman–Crippen LogP) is 0.717. The van der Waals surface area contributed by atoms with E-state index in [0.717, 1.165) is 0 Å². The van der Waals surface area contributed by atoms with Gasteiger partial charge >= 0.3 is 0 Å². The third kappa shape index (κ3) is 3.55. The van der Waals surface area contributed by atoms with Crippen LogP contribution in [0.4, 0.5) is 5.69 Å². The minimum Gasteiger partial charge on any atom is -0.321 e. The van der Waals surface area contributed by atoms with Crippen molar-refractivity contribution in [1.29, 1.82) is 5.26 Å². The zero-order chi connectivity index (χ0) is 15.3. The van der Waals surface area contributed by atoms with Crippen molar-refractivity contribution in [3.63, 3.8) is 0 Å². The SMILES string of the molecule is N#Cc1cccc(CNS(=O)(=O)c2ncccc2NN)c1. The first kappa shape index (κ1) is 14.9. The Morgan fingerprint density at radius 2 is 2.10 bits per heavy atom. The smallest absolute Gasteiger partial charge is 0.260 e. The second kappa shape index (κ2) is 6.32. The average molecular weight is 303 g/mol. The number of rotatable bonds is 5. The van der Waals surface area contributed by atoms with Crippen LogP contribution >= 0.6 is 0 Å². The highest BCUT2D eigenvalue weighted by atomic mass is 32.2. The van der Waals surface area contributed by atoms with Crippen LogP contribution in [0.3, 0.4) is 0 Å². The van der Waals surface area contributed by atoms with Gasteiger partial charge in [0.25, 0.3) is 10.0 Å². The van der Waals surface area contributed by atoms with Crippen LogP contribution in [-0.2, 0) is 16.6 Å². The lowest BCUT2D eigenvalue weighted by Crippen LogP contribution is -2.26. The number of sulfonamides is 1. The quantitative estimate of drug-likeness (QED) is 0.552. The van der Waals surface area contributed by atoms with Crippen LogP contribution in [0.5, 0.6) is 0 Å². The highest BCUT2D eigenvalue weighted by molar-refractivity contribution is 7.89. The van der Waals surface area contributed by atoms with Crippen LogP contribution in [0.1, 0.15) is 11.1 Å². The van der Waals surface area contributed by atoms with Gasteiger partial charge < -0.3 is 5.43 Å². The number of hydrazine groups is 1. The van der Waals surface area contributed by atoms with Crippen LogP contribution < -0.4 is 16.0 Å². The molecule has 2 aromatic rings. The number of nitrogens with zero attached hydrogens (tertiary/aromatic N) is 2. The fraction of sp³-hybridized carbons (Fsp3) is 0.0769. The van der Waals surface area contributed by atoms with Crippen LogP contribution in [0.15, 0.2) is 47.6 Å². The maximum atomic E-state index is 12.2. The van der Waals surface area contributed by atoms with Gasteiger partial charge in [-0.3, -0.25) is 5.84 Å². The number of nitrogen functional groups attached to an aromatic ring is 1. The van der Waals surface area contributed by atoms with E-state index in [4.69, 9.17) is 11.1 Å². The Bertz CT molecular complexity index is 783. The van der Waals surface area contributed by atoms with Crippen LogP contribution in [0, 0.1) is 11.3 Å². The molecule has 0 amide bonds. The first-order valence-corrected chi connectivity index (χ1v) is 7.45. The molecule has 0 unspecified atom stereocenters. The molecule has 0 atom stereocenters. The Balaban J connectivity index is 2.20. The molecule has 0 fully saturated rings. The first-order valence-electron chi connectivity index (χ1n) is 5.97. The Morgan fingerprint density at radius 3 is 2.81 bits per heavy atom. The summed E-state index contributed by atoms with van der Waals surface area (Å²) in [5.41, 5.74) is 3.64. The number of anilines is 1. The summed E-state index contributed by atoms with van der Waals surface area (Å²) >= 11 is 0. The minimum absolute atomic E-state index is 0.0540. The molecule has 8 heteroatoms. The van der Waals surface area contributed by atoms with Gasteiger partial charge in [0.1, 0.15) is 0 Å². The lowest BCUT2D eigenvalue weighted by atomic mass is 10.1. The molecule has 1 aromatic heterocycles. The Morgan fingerprint density at radius 1 is 1.29 bits per heavy atom. The normalized spacial score (nSPS) is 10.9. The van der Waals surface area contributed by atoms with Gasteiger partial charge in [-0.2, -0.15) is 5.26 Å². The number of benzene rings is 1. The molecule has 0 aliphatic heterocycles. The first-order chi connectivity index (χ1) is 10.1. The number of nitrogens with two attached hydrogens (primary N) is 1. The van der Waals surface area contributed by atoms with E-state index in [0.29, 0.717) is 11.1 Å². The Kier molecular flexibility index (Phi) is 4.49. The van der Waals surface area contributed by atoms with E-state index < -0.39 is 10.0 Å². The molecular formula is C13H13N5O2S. The van der Waals surface area contributed by atoms with Gasteiger partial charge in [0.2, 0.25) is 0 Å². The number of hydrogen-bond donors (Lipinski definition) is 3. The van der Waals surface area contributed by atoms with Crippen molar-refractivity contribution in [1.82, 2.24) is 9.71 Å². The molecule has 21 heavy (non-hydrogen) atoms. The van der Waals surface area contributed by atoms with E-state index in [9.17, 15) is 8.42 Å². The summed E-state index contributed by atoms with van der Waals surface area (Å²) in [7, 11) is -3.81. The second-order valence-corrected chi connectivity index (χ2v) is 5.82. The second-order valence-electron chi connectivity index (χ2n) is 4.14. The van der Waals surface area contributed by atoms with Crippen LogP contribution in [0.2, 0.25) is 0 Å². The van der Waals surface area contributed by atoms with Crippen LogP contribution in [0.25, 0.3) is 0 Å². The van der Waals surface area contributed by atoms with E-state index >= 15 is 0 Å². The fourth-order valence-electron chi connectivity index (χ4n) is 1.71. The topological polar surface area (TPSA) is 121 Å². The minimum atomic E-state index is -3.81. The lowest BCUT2D eigenvalue weighted by molar-refractivity contribution is 0.578. The van der Waals surface area contributed by atoms with Crippen molar-refractivity contribution >= 4 is 15.7 Å². The van der Waals surface area contributed by atoms with Gasteiger partial charge in [-0.15, -0.1) is 0 Å². The maximum Gasteiger partial charge on any atom is 0.260 e. The van der Waals surface area contributed by atoms with Crippen LogP contribution in [-0.4, -0.2) is 13.4 Å². The zero-order valence-corrected chi connectivity index (χ0v) is 11.8. The molecule has 4 N–H and O–H groups in total. The van der Waals surface area contributed by atoms with E-state index in [2.05, 4.69) is 15.1 Å². The summed E-state index contributed by atoms with van der Waals surface area (Å²) in [6, 6.07) is 11.8. The van der Waals surface area contributed by atoms with Gasteiger partial charge in [0.05, 0.1) is 17.3 Å². The van der Waals surface area contributed by atoms with Gasteiger partial charge in [-0.1, -0.05) is 12.1 Å². The standard InChI is InChI=1S/C13H13N5O2S/c14-8-10-3-1-4-11(7-10)9-17-21(19,20)13-12(18-15)5-2-6-16-13/h1-7,17-18H,9,15H2. The highest BCUT2D eigenvalue weighted by Gasteiger charge is 2.19. The van der Waals surface area contributed by atoms with Crippen molar-refractivity contribution in [2.75, 3.05) is 5.43 Å². The van der Waals surface area contributed by atoms with Gasteiger partial charge in [-0.25, -0.2) is 18.1 Å². The number of hydrogen-bond acceptors (Lipinski definition) is 6. The fourth-order valence-corrected chi connectivity index (χ4v) is 2.82. The molecule has 108 valence electrons. The molecule has 0 saturated heterocycles. The molecule has 2 rings (SSSR count). The molecular weight excluding hydrogens is 290 g/mol.